The van der Waals surface area contributed by atoms with Crippen LogP contribution in [0.1, 0.15) is 22.3 Å². The maximum absolute atomic E-state index is 12.4. The molecule has 0 bridgehead atoms. The summed E-state index contributed by atoms with van der Waals surface area (Å²) in [5.74, 6) is -0.271. The summed E-state index contributed by atoms with van der Waals surface area (Å²) >= 11 is 0. The first-order valence-corrected chi connectivity index (χ1v) is 9.10. The minimum atomic E-state index is -0.188. The Morgan fingerprint density at radius 1 is 0.926 bits per heavy atom. The number of nitrogens with one attached hydrogen (secondary N) is 1. The van der Waals surface area contributed by atoms with Crippen molar-refractivity contribution in [3.05, 3.63) is 64.7 Å². The second-order valence-electron chi connectivity index (χ2n) is 7.23. The summed E-state index contributed by atoms with van der Waals surface area (Å²) in [6.45, 7) is 6.97. The maximum atomic E-state index is 12.4. The molecule has 0 aliphatic rings. The lowest BCUT2D eigenvalue weighted by Crippen LogP contribution is -2.40. The van der Waals surface area contributed by atoms with Gasteiger partial charge in [0, 0.05) is 19.3 Å². The van der Waals surface area contributed by atoms with E-state index in [2.05, 4.69) is 5.32 Å². The second kappa shape index (κ2) is 9.33. The maximum Gasteiger partial charge on any atom is 0.243 e. The highest BCUT2D eigenvalue weighted by molar-refractivity contribution is 5.96. The van der Waals surface area contributed by atoms with E-state index in [0.717, 1.165) is 27.9 Å². The van der Waals surface area contributed by atoms with Crippen molar-refractivity contribution >= 4 is 17.5 Å². The largest absolute Gasteiger partial charge is 0.335 e. The van der Waals surface area contributed by atoms with Crippen molar-refractivity contribution in [2.45, 2.75) is 27.3 Å². The molecule has 0 aliphatic heterocycles. The predicted molar refractivity (Wildman–Crippen MR) is 110 cm³/mol. The number of anilines is 1. The summed E-state index contributed by atoms with van der Waals surface area (Å²) in [4.78, 5) is 28.2. The van der Waals surface area contributed by atoms with Gasteiger partial charge in [0.05, 0.1) is 13.1 Å². The molecule has 0 fully saturated rings. The Labute approximate surface area is 162 Å². The van der Waals surface area contributed by atoms with Crippen LogP contribution in [0.2, 0.25) is 0 Å². The lowest BCUT2D eigenvalue weighted by molar-refractivity contribution is -0.134. The molecular weight excluding hydrogens is 338 g/mol. The quantitative estimate of drug-likeness (QED) is 0.818. The number of nitrogens with zero attached hydrogens (tertiary/aromatic N) is 2. The number of likely N-dealkylation sites (N-methyl/N-ethyl adjacent to an activating group) is 2. The number of amides is 2. The van der Waals surface area contributed by atoms with Gasteiger partial charge in [-0.3, -0.25) is 14.5 Å². The van der Waals surface area contributed by atoms with Gasteiger partial charge in [-0.25, -0.2) is 0 Å². The fourth-order valence-corrected chi connectivity index (χ4v) is 3.16. The summed E-state index contributed by atoms with van der Waals surface area (Å²) in [5.41, 5.74) is 5.19. The lowest BCUT2D eigenvalue weighted by atomic mass is 10.1. The Kier molecular flexibility index (Phi) is 7.13. The Morgan fingerprint density at radius 2 is 1.52 bits per heavy atom. The zero-order chi connectivity index (χ0) is 20.0. The van der Waals surface area contributed by atoms with E-state index in [9.17, 15) is 9.59 Å². The van der Waals surface area contributed by atoms with Gasteiger partial charge in [0.15, 0.2) is 0 Å². The van der Waals surface area contributed by atoms with E-state index >= 15 is 0 Å². The van der Waals surface area contributed by atoms with Gasteiger partial charge >= 0.3 is 0 Å². The summed E-state index contributed by atoms with van der Waals surface area (Å²) in [6.07, 6.45) is 0. The van der Waals surface area contributed by atoms with E-state index in [0.29, 0.717) is 6.54 Å². The summed E-state index contributed by atoms with van der Waals surface area (Å²) < 4.78 is 0. The van der Waals surface area contributed by atoms with Crippen molar-refractivity contribution < 1.29 is 9.59 Å². The van der Waals surface area contributed by atoms with Crippen LogP contribution in [0.4, 0.5) is 5.69 Å². The van der Waals surface area contributed by atoms with Crippen molar-refractivity contribution in [2.24, 2.45) is 0 Å². The van der Waals surface area contributed by atoms with E-state index in [1.54, 1.807) is 7.05 Å². The van der Waals surface area contributed by atoms with Gasteiger partial charge in [0.25, 0.3) is 0 Å². The zero-order valence-corrected chi connectivity index (χ0v) is 16.9. The van der Waals surface area contributed by atoms with Crippen LogP contribution in [0, 0.1) is 20.8 Å². The monoisotopic (exact) mass is 367 g/mol. The van der Waals surface area contributed by atoms with Crippen LogP contribution >= 0.6 is 0 Å². The van der Waals surface area contributed by atoms with Gasteiger partial charge < -0.3 is 10.2 Å². The molecule has 5 heteroatoms. The van der Waals surface area contributed by atoms with Crippen molar-refractivity contribution in [2.75, 3.05) is 32.5 Å². The molecule has 0 aromatic heterocycles. The highest BCUT2D eigenvalue weighted by Crippen LogP contribution is 2.21. The molecule has 0 saturated heterocycles. The molecule has 0 radical (unpaired) electrons. The van der Waals surface area contributed by atoms with E-state index < -0.39 is 0 Å². The first-order valence-electron chi connectivity index (χ1n) is 9.10. The van der Waals surface area contributed by atoms with E-state index in [1.807, 2.05) is 75.2 Å². The average molecular weight is 367 g/mol. The molecule has 2 aromatic rings. The molecule has 0 aliphatic carbocycles. The second-order valence-corrected chi connectivity index (χ2v) is 7.23. The third-order valence-corrected chi connectivity index (χ3v) is 4.45. The van der Waals surface area contributed by atoms with Gasteiger partial charge in [-0.1, -0.05) is 48.0 Å². The Morgan fingerprint density at radius 3 is 2.11 bits per heavy atom. The Hall–Kier alpha value is -2.66. The number of aryl methyl sites for hydroxylation is 3. The minimum absolute atomic E-state index is 0.0325. The molecule has 27 heavy (non-hydrogen) atoms. The van der Waals surface area contributed by atoms with Crippen LogP contribution in [0.3, 0.4) is 0 Å². The number of hydrogen-bond donors (Lipinski definition) is 1. The molecule has 0 atom stereocenters. The highest BCUT2D eigenvalue weighted by atomic mass is 16.2. The van der Waals surface area contributed by atoms with Crippen LogP contribution in [0.15, 0.2) is 42.5 Å². The average Bonchev–Trinajstić information content (AvgIpc) is 2.58. The van der Waals surface area contributed by atoms with E-state index in [4.69, 9.17) is 0 Å². The van der Waals surface area contributed by atoms with Crippen molar-refractivity contribution in [1.29, 1.82) is 0 Å². The van der Waals surface area contributed by atoms with Crippen molar-refractivity contribution in [1.82, 2.24) is 9.80 Å². The molecule has 0 heterocycles. The summed E-state index contributed by atoms with van der Waals surface area (Å²) in [7, 11) is 3.56. The minimum Gasteiger partial charge on any atom is -0.335 e. The molecule has 2 amide bonds. The van der Waals surface area contributed by atoms with Crippen LogP contribution in [0.5, 0.6) is 0 Å². The van der Waals surface area contributed by atoms with Gasteiger partial charge in [0.2, 0.25) is 11.8 Å². The number of hydrogen-bond acceptors (Lipinski definition) is 3. The van der Waals surface area contributed by atoms with Crippen molar-refractivity contribution in [3.63, 3.8) is 0 Å². The standard InChI is InChI=1S/C22H29N3O2/c1-16-11-17(2)22(18(3)12-16)23-20(26)14-25(5)21(27)15-24(4)13-19-9-7-6-8-10-19/h6-12H,13-15H2,1-5H3,(H,23,26). The van der Waals surface area contributed by atoms with Gasteiger partial charge in [-0.05, 0) is 44.5 Å². The summed E-state index contributed by atoms with van der Waals surface area (Å²) in [5, 5.41) is 2.94. The molecule has 144 valence electrons. The third-order valence-electron chi connectivity index (χ3n) is 4.45. The molecule has 2 aromatic carbocycles. The van der Waals surface area contributed by atoms with Crippen LogP contribution < -0.4 is 5.32 Å². The fraction of sp³-hybridized carbons (Fsp3) is 0.364. The van der Waals surface area contributed by atoms with Crippen LogP contribution in [-0.2, 0) is 16.1 Å². The van der Waals surface area contributed by atoms with Crippen molar-refractivity contribution in [3.8, 4) is 0 Å². The molecular formula is C22H29N3O2. The Balaban J connectivity index is 1.87. The number of benzene rings is 2. The van der Waals surface area contributed by atoms with Gasteiger partial charge in [0.1, 0.15) is 0 Å². The predicted octanol–water partition coefficient (Wildman–Crippen LogP) is 3.14. The van der Waals surface area contributed by atoms with E-state index in [-0.39, 0.29) is 24.9 Å². The zero-order valence-electron chi connectivity index (χ0n) is 16.9. The molecule has 0 unspecified atom stereocenters. The smallest absolute Gasteiger partial charge is 0.243 e. The van der Waals surface area contributed by atoms with Crippen LogP contribution in [0.25, 0.3) is 0 Å². The Bertz CT molecular complexity index is 779. The van der Waals surface area contributed by atoms with E-state index in [1.165, 1.54) is 4.90 Å². The number of rotatable bonds is 7. The van der Waals surface area contributed by atoms with Gasteiger partial charge in [-0.15, -0.1) is 0 Å². The first-order chi connectivity index (χ1) is 12.8. The number of carbonyl (C=O) groups is 2. The third kappa shape index (κ3) is 6.22. The molecule has 1 N–H and O–H groups in total. The molecule has 5 nitrogen and oxygen atoms in total. The molecule has 0 spiro atoms. The molecule has 2 rings (SSSR count). The lowest BCUT2D eigenvalue weighted by Gasteiger charge is -2.22. The van der Waals surface area contributed by atoms with Gasteiger partial charge in [-0.2, -0.15) is 0 Å². The SMILES string of the molecule is Cc1cc(C)c(NC(=O)CN(C)C(=O)CN(C)Cc2ccccc2)c(C)c1. The fourth-order valence-electron chi connectivity index (χ4n) is 3.16. The normalized spacial score (nSPS) is 10.7. The summed E-state index contributed by atoms with van der Waals surface area (Å²) in [6, 6.07) is 14.1. The molecule has 0 saturated carbocycles. The first kappa shape index (κ1) is 20.6. The topological polar surface area (TPSA) is 52.7 Å². The number of carbonyl (C=O) groups excluding carboxylic acids is 2. The van der Waals surface area contributed by atoms with Crippen LogP contribution in [-0.4, -0.2) is 48.8 Å². The highest BCUT2D eigenvalue weighted by Gasteiger charge is 2.16.